The van der Waals surface area contributed by atoms with Crippen molar-refractivity contribution in [2.45, 2.75) is 25.4 Å². The molecule has 0 fully saturated rings. The minimum Gasteiger partial charge on any atom is -0.508 e. The van der Waals surface area contributed by atoms with E-state index in [1.807, 2.05) is 36.4 Å². The fraction of sp³-hybridized carbons (Fsp3) is 0.167. The van der Waals surface area contributed by atoms with Crippen LogP contribution in [-0.2, 0) is 9.53 Å². The Labute approximate surface area is 188 Å². The number of rotatable bonds is 8. The second-order valence-electron chi connectivity index (χ2n) is 6.92. The van der Waals surface area contributed by atoms with Crippen molar-refractivity contribution >= 4 is 44.5 Å². The van der Waals surface area contributed by atoms with Crippen LogP contribution in [0, 0.1) is 0 Å². The molecule has 7 heteroatoms. The van der Waals surface area contributed by atoms with Gasteiger partial charge in [-0.1, -0.05) is 58.4 Å². The first-order valence-corrected chi connectivity index (χ1v) is 10.6. The van der Waals surface area contributed by atoms with E-state index in [1.54, 1.807) is 24.3 Å². The molecule has 0 aromatic heterocycles. The minimum absolute atomic E-state index is 0.0206. The summed E-state index contributed by atoms with van der Waals surface area (Å²) in [4.78, 5) is 23.3. The van der Waals surface area contributed by atoms with E-state index in [2.05, 4.69) is 21.2 Å². The number of anilines is 1. The molecule has 160 valence electrons. The predicted molar refractivity (Wildman–Crippen MR) is 123 cm³/mol. The van der Waals surface area contributed by atoms with Gasteiger partial charge in [-0.3, -0.25) is 5.32 Å². The molecule has 0 unspecified atom stereocenters. The fourth-order valence-corrected chi connectivity index (χ4v) is 3.65. The highest BCUT2D eigenvalue weighted by Gasteiger charge is 2.21. The molecule has 31 heavy (non-hydrogen) atoms. The van der Waals surface area contributed by atoms with Crippen LogP contribution in [0.15, 0.2) is 77.3 Å². The molecular formula is C24H22BrNO5. The number of amides is 1. The lowest BCUT2D eigenvalue weighted by Crippen LogP contribution is -2.18. The van der Waals surface area contributed by atoms with Gasteiger partial charge in [0.15, 0.2) is 0 Å². The summed E-state index contributed by atoms with van der Waals surface area (Å²) < 4.78 is 6.43. The molecule has 0 aliphatic heterocycles. The topological polar surface area (TPSA) is 95.9 Å². The second-order valence-corrected chi connectivity index (χ2v) is 7.84. The van der Waals surface area contributed by atoms with Gasteiger partial charge in [0.2, 0.25) is 0 Å². The van der Waals surface area contributed by atoms with Crippen LogP contribution in [0.5, 0.6) is 5.75 Å². The number of phenols is 1. The molecule has 0 radical (unpaired) electrons. The number of carboxylic acids is 1. The summed E-state index contributed by atoms with van der Waals surface area (Å²) in [6, 6.07) is 18.2. The lowest BCUT2D eigenvalue weighted by molar-refractivity contribution is -0.131. The van der Waals surface area contributed by atoms with Crippen LogP contribution in [0.1, 0.15) is 30.9 Å². The largest absolute Gasteiger partial charge is 0.508 e. The Balaban J connectivity index is 1.75. The molecule has 1 atom stereocenters. The summed E-state index contributed by atoms with van der Waals surface area (Å²) in [6.07, 6.45) is 2.79. The van der Waals surface area contributed by atoms with Gasteiger partial charge in [0.1, 0.15) is 11.9 Å². The number of hydrogen-bond acceptors (Lipinski definition) is 4. The third-order valence-corrected chi connectivity index (χ3v) is 5.20. The Morgan fingerprint density at radius 2 is 1.87 bits per heavy atom. The average molecular weight is 484 g/mol. The number of carbonyl (C=O) groups excluding carboxylic acids is 1. The van der Waals surface area contributed by atoms with Crippen LogP contribution in [-0.4, -0.2) is 22.3 Å². The summed E-state index contributed by atoms with van der Waals surface area (Å²) in [5.74, 6) is -0.987. The van der Waals surface area contributed by atoms with Crippen LogP contribution in [0.3, 0.4) is 0 Å². The van der Waals surface area contributed by atoms with Gasteiger partial charge in [0.05, 0.1) is 5.69 Å². The summed E-state index contributed by atoms with van der Waals surface area (Å²) >= 11 is 3.38. The maximum Gasteiger partial charge on any atom is 0.412 e. The van der Waals surface area contributed by atoms with Crippen molar-refractivity contribution < 1.29 is 24.5 Å². The smallest absolute Gasteiger partial charge is 0.412 e. The van der Waals surface area contributed by atoms with E-state index in [1.165, 1.54) is 6.07 Å². The number of halogens is 1. The molecular weight excluding hydrogens is 462 g/mol. The first-order chi connectivity index (χ1) is 14.9. The molecule has 1 amide bonds. The quantitative estimate of drug-likeness (QED) is 0.254. The van der Waals surface area contributed by atoms with Gasteiger partial charge < -0.3 is 14.9 Å². The molecule has 0 aliphatic carbocycles. The maximum absolute atomic E-state index is 12.7. The van der Waals surface area contributed by atoms with Gasteiger partial charge in [0, 0.05) is 21.5 Å². The van der Waals surface area contributed by atoms with E-state index in [4.69, 9.17) is 9.84 Å². The maximum atomic E-state index is 12.7. The Morgan fingerprint density at radius 3 is 2.68 bits per heavy atom. The highest BCUT2D eigenvalue weighted by Crippen LogP contribution is 2.33. The average Bonchev–Trinajstić information content (AvgIpc) is 2.74. The number of phenolic OH excluding ortho intramolecular Hbond substituents is 1. The number of ether oxygens (including phenoxy) is 1. The molecule has 3 aromatic carbocycles. The number of fused-ring (bicyclic) bond motifs is 1. The van der Waals surface area contributed by atoms with Gasteiger partial charge in [-0.15, -0.1) is 0 Å². The van der Waals surface area contributed by atoms with Crippen molar-refractivity contribution in [2.24, 2.45) is 0 Å². The lowest BCUT2D eigenvalue weighted by atomic mass is 10.0. The second kappa shape index (κ2) is 10.6. The van der Waals surface area contributed by atoms with E-state index in [9.17, 15) is 14.7 Å². The molecule has 0 bridgehead atoms. The number of allylic oxidation sites excluding steroid dienone is 1. The van der Waals surface area contributed by atoms with Crippen molar-refractivity contribution in [3.05, 3.63) is 82.9 Å². The Bertz CT molecular complexity index is 1110. The summed E-state index contributed by atoms with van der Waals surface area (Å²) in [6.45, 7) is 0. The van der Waals surface area contributed by atoms with Crippen LogP contribution in [0.25, 0.3) is 10.8 Å². The van der Waals surface area contributed by atoms with E-state index in [-0.39, 0.29) is 5.75 Å². The number of nitrogens with one attached hydrogen (secondary N) is 1. The first-order valence-electron chi connectivity index (χ1n) is 9.77. The molecule has 0 heterocycles. The first kappa shape index (κ1) is 22.4. The van der Waals surface area contributed by atoms with Crippen molar-refractivity contribution in [1.29, 1.82) is 0 Å². The van der Waals surface area contributed by atoms with Crippen molar-refractivity contribution in [1.82, 2.24) is 0 Å². The molecule has 6 nitrogen and oxygen atoms in total. The van der Waals surface area contributed by atoms with Gasteiger partial charge in [0.25, 0.3) is 0 Å². The fourth-order valence-electron chi connectivity index (χ4n) is 3.27. The number of aromatic hydroxyl groups is 1. The summed E-state index contributed by atoms with van der Waals surface area (Å²) in [5, 5.41) is 23.7. The van der Waals surface area contributed by atoms with Gasteiger partial charge in [-0.2, -0.15) is 0 Å². The Hall–Kier alpha value is -3.32. The summed E-state index contributed by atoms with van der Waals surface area (Å²) in [5.41, 5.74) is 1.11. The van der Waals surface area contributed by atoms with E-state index < -0.39 is 18.2 Å². The van der Waals surface area contributed by atoms with Crippen molar-refractivity contribution in [2.75, 3.05) is 5.32 Å². The normalized spacial score (nSPS) is 12.0. The lowest BCUT2D eigenvalue weighted by Gasteiger charge is -2.20. The van der Waals surface area contributed by atoms with Crippen LogP contribution < -0.4 is 5.32 Å². The van der Waals surface area contributed by atoms with E-state index in [0.29, 0.717) is 30.5 Å². The molecule has 3 N–H and O–H groups in total. The Kier molecular flexibility index (Phi) is 7.67. The van der Waals surface area contributed by atoms with Crippen molar-refractivity contribution in [3.63, 3.8) is 0 Å². The number of unbranched alkanes of at least 4 members (excludes halogenated alkanes) is 1. The number of benzene rings is 3. The number of aliphatic carboxylic acids is 1. The number of carboxylic acid groups (broad SMARTS) is 1. The molecule has 0 spiro atoms. The number of carbonyl (C=O) groups is 2. The standard InChI is InChI=1S/C24H22BrNO5/c25-17-13-14-21(27)19(15-17)22(11-2-1-3-12-23(28)29)31-24(30)26-20-10-6-8-16-7-4-5-9-18(16)20/h3-10,12-15,22,27H,1-2,11H2,(H,26,30)(H,28,29)/b12-3+/t22-/m0/s1. The number of hydrogen-bond donors (Lipinski definition) is 3. The third kappa shape index (κ3) is 6.33. The van der Waals surface area contributed by atoms with Gasteiger partial charge >= 0.3 is 12.1 Å². The molecule has 0 saturated carbocycles. The zero-order chi connectivity index (χ0) is 22.2. The van der Waals surface area contributed by atoms with Gasteiger partial charge in [-0.25, -0.2) is 9.59 Å². The molecule has 0 saturated heterocycles. The monoisotopic (exact) mass is 483 g/mol. The van der Waals surface area contributed by atoms with Crippen molar-refractivity contribution in [3.8, 4) is 5.75 Å². The zero-order valence-electron chi connectivity index (χ0n) is 16.6. The Morgan fingerprint density at radius 1 is 1.10 bits per heavy atom. The highest BCUT2D eigenvalue weighted by atomic mass is 79.9. The molecule has 3 rings (SSSR count). The highest BCUT2D eigenvalue weighted by molar-refractivity contribution is 9.10. The SMILES string of the molecule is O=C(O)/C=C/CCC[C@H](OC(=O)Nc1cccc2ccccc12)c1cc(Br)ccc1O. The van der Waals surface area contributed by atoms with E-state index >= 15 is 0 Å². The van der Waals surface area contributed by atoms with Crippen LogP contribution in [0.2, 0.25) is 0 Å². The molecule has 3 aromatic rings. The minimum atomic E-state index is -1.01. The zero-order valence-corrected chi connectivity index (χ0v) is 18.2. The molecule has 0 aliphatic rings. The third-order valence-electron chi connectivity index (χ3n) is 4.71. The van der Waals surface area contributed by atoms with E-state index in [0.717, 1.165) is 21.3 Å². The predicted octanol–water partition coefficient (Wildman–Crippen LogP) is 6.41. The van der Waals surface area contributed by atoms with Gasteiger partial charge in [-0.05, 0) is 48.9 Å². The van der Waals surface area contributed by atoms with Crippen LogP contribution in [0.4, 0.5) is 10.5 Å². The van der Waals surface area contributed by atoms with Crippen LogP contribution >= 0.6 is 15.9 Å². The summed E-state index contributed by atoms with van der Waals surface area (Å²) in [7, 11) is 0.